The van der Waals surface area contributed by atoms with E-state index in [1.165, 1.54) is 0 Å². The SMILES string of the molecule is O=C1CCc2cc(C(=O)/C=C\c3cccnc3)ccc2N1. The number of ketones is 1. The van der Waals surface area contributed by atoms with E-state index in [-0.39, 0.29) is 11.7 Å². The van der Waals surface area contributed by atoms with Gasteiger partial charge in [0.15, 0.2) is 5.78 Å². The second kappa shape index (κ2) is 5.71. The zero-order valence-corrected chi connectivity index (χ0v) is 11.4. The number of hydrogen-bond acceptors (Lipinski definition) is 3. The fraction of sp³-hybridized carbons (Fsp3) is 0.118. The number of fused-ring (bicyclic) bond motifs is 1. The van der Waals surface area contributed by atoms with Gasteiger partial charge in [0.2, 0.25) is 5.91 Å². The number of pyridine rings is 1. The Morgan fingerprint density at radius 2 is 2.14 bits per heavy atom. The van der Waals surface area contributed by atoms with Crippen molar-refractivity contribution in [2.45, 2.75) is 12.8 Å². The van der Waals surface area contributed by atoms with Gasteiger partial charge in [0.1, 0.15) is 0 Å². The number of nitrogens with zero attached hydrogens (tertiary/aromatic N) is 1. The molecule has 0 atom stereocenters. The second-order valence-corrected chi connectivity index (χ2v) is 4.90. The maximum absolute atomic E-state index is 12.2. The maximum atomic E-state index is 12.2. The number of hydrogen-bond donors (Lipinski definition) is 1. The Hall–Kier alpha value is -2.75. The van der Waals surface area contributed by atoms with Crippen molar-refractivity contribution in [2.24, 2.45) is 0 Å². The van der Waals surface area contributed by atoms with E-state index in [1.54, 1.807) is 36.7 Å². The van der Waals surface area contributed by atoms with Crippen molar-refractivity contribution in [1.82, 2.24) is 4.98 Å². The molecule has 21 heavy (non-hydrogen) atoms. The topological polar surface area (TPSA) is 59.1 Å². The first-order valence-electron chi connectivity index (χ1n) is 6.77. The first-order valence-corrected chi connectivity index (χ1v) is 6.77. The van der Waals surface area contributed by atoms with Crippen LogP contribution in [0.1, 0.15) is 27.9 Å². The lowest BCUT2D eigenvalue weighted by atomic mass is 9.98. The minimum Gasteiger partial charge on any atom is -0.326 e. The molecule has 3 rings (SSSR count). The maximum Gasteiger partial charge on any atom is 0.224 e. The van der Waals surface area contributed by atoms with Crippen molar-refractivity contribution in [3.63, 3.8) is 0 Å². The van der Waals surface area contributed by atoms with Crippen molar-refractivity contribution in [3.05, 3.63) is 65.5 Å². The van der Waals surface area contributed by atoms with Crippen LogP contribution < -0.4 is 5.32 Å². The molecule has 1 aromatic heterocycles. The van der Waals surface area contributed by atoms with Crippen LogP contribution in [0.4, 0.5) is 5.69 Å². The molecule has 0 radical (unpaired) electrons. The standard InChI is InChI=1S/C17H14N2O2/c20-16(7-3-12-2-1-9-18-11-12)14-4-6-15-13(10-14)5-8-17(21)19-15/h1-4,6-7,9-11H,5,8H2,(H,19,21)/b7-3-. The quantitative estimate of drug-likeness (QED) is 0.693. The molecule has 4 heteroatoms. The Kier molecular flexibility index (Phi) is 3.60. The van der Waals surface area contributed by atoms with Gasteiger partial charge < -0.3 is 5.32 Å². The van der Waals surface area contributed by atoms with Crippen molar-refractivity contribution in [3.8, 4) is 0 Å². The van der Waals surface area contributed by atoms with Crippen molar-refractivity contribution in [2.75, 3.05) is 5.32 Å². The van der Waals surface area contributed by atoms with Crippen LogP contribution in [0, 0.1) is 0 Å². The molecule has 1 amide bonds. The highest BCUT2D eigenvalue weighted by atomic mass is 16.1. The van der Waals surface area contributed by atoms with Gasteiger partial charge in [-0.25, -0.2) is 0 Å². The number of carbonyl (C=O) groups is 2. The number of aromatic nitrogens is 1. The number of amides is 1. The summed E-state index contributed by atoms with van der Waals surface area (Å²) in [6, 6.07) is 9.09. The molecule has 1 N–H and O–H groups in total. The first-order chi connectivity index (χ1) is 10.2. The summed E-state index contributed by atoms with van der Waals surface area (Å²) in [5.74, 6) is -0.0309. The Labute approximate surface area is 122 Å². The highest BCUT2D eigenvalue weighted by Gasteiger charge is 2.15. The zero-order valence-electron chi connectivity index (χ0n) is 11.4. The number of benzene rings is 1. The van der Waals surface area contributed by atoms with E-state index >= 15 is 0 Å². The largest absolute Gasteiger partial charge is 0.326 e. The summed E-state index contributed by atoms with van der Waals surface area (Å²) >= 11 is 0. The summed E-state index contributed by atoms with van der Waals surface area (Å²) in [6.07, 6.45) is 7.82. The van der Waals surface area contributed by atoms with Gasteiger partial charge in [-0.3, -0.25) is 14.6 Å². The second-order valence-electron chi connectivity index (χ2n) is 4.90. The van der Waals surface area contributed by atoms with E-state index in [0.29, 0.717) is 18.4 Å². The molecule has 1 aromatic carbocycles. The average molecular weight is 278 g/mol. The third-order valence-corrected chi connectivity index (χ3v) is 3.40. The fourth-order valence-electron chi connectivity index (χ4n) is 2.28. The summed E-state index contributed by atoms with van der Waals surface area (Å²) < 4.78 is 0. The summed E-state index contributed by atoms with van der Waals surface area (Å²) in [4.78, 5) is 27.5. The summed E-state index contributed by atoms with van der Waals surface area (Å²) in [5.41, 5.74) is 3.33. The molecule has 2 aromatic rings. The van der Waals surface area contributed by atoms with E-state index in [0.717, 1.165) is 16.8 Å². The lowest BCUT2D eigenvalue weighted by Gasteiger charge is -2.16. The van der Waals surface area contributed by atoms with E-state index in [4.69, 9.17) is 0 Å². The number of carbonyl (C=O) groups excluding carboxylic acids is 2. The summed E-state index contributed by atoms with van der Waals surface area (Å²) in [6.45, 7) is 0. The Bertz CT molecular complexity index is 721. The van der Waals surface area contributed by atoms with Gasteiger partial charge in [0, 0.05) is 30.1 Å². The van der Waals surface area contributed by atoms with Crippen LogP contribution in [0.3, 0.4) is 0 Å². The lowest BCUT2D eigenvalue weighted by molar-refractivity contribution is -0.116. The monoisotopic (exact) mass is 278 g/mol. The molecule has 0 saturated carbocycles. The van der Waals surface area contributed by atoms with Crippen LogP contribution >= 0.6 is 0 Å². The minimum atomic E-state index is -0.0569. The third kappa shape index (κ3) is 3.05. The predicted octanol–water partition coefficient (Wildman–Crippen LogP) is 2.86. The number of aryl methyl sites for hydroxylation is 1. The molecule has 1 aliphatic rings. The van der Waals surface area contributed by atoms with Crippen LogP contribution in [0.5, 0.6) is 0 Å². The molecular weight excluding hydrogens is 264 g/mol. The van der Waals surface area contributed by atoms with Gasteiger partial charge >= 0.3 is 0 Å². The number of allylic oxidation sites excluding steroid dienone is 1. The van der Waals surface area contributed by atoms with Gasteiger partial charge in [0.05, 0.1) is 0 Å². The van der Waals surface area contributed by atoms with Crippen molar-refractivity contribution >= 4 is 23.5 Å². The Morgan fingerprint density at radius 3 is 2.95 bits per heavy atom. The molecular formula is C17H14N2O2. The van der Waals surface area contributed by atoms with Gasteiger partial charge in [-0.05, 0) is 54.0 Å². The van der Waals surface area contributed by atoms with E-state index in [1.807, 2.05) is 18.2 Å². The van der Waals surface area contributed by atoms with Gasteiger partial charge in [-0.2, -0.15) is 0 Å². The Balaban J connectivity index is 1.79. The molecule has 1 aliphatic heterocycles. The number of rotatable bonds is 3. The van der Waals surface area contributed by atoms with Crippen LogP contribution in [0.15, 0.2) is 48.8 Å². The molecule has 0 saturated heterocycles. The van der Waals surface area contributed by atoms with Crippen molar-refractivity contribution < 1.29 is 9.59 Å². The fourth-order valence-corrected chi connectivity index (χ4v) is 2.28. The van der Waals surface area contributed by atoms with Crippen LogP contribution in [0.25, 0.3) is 6.08 Å². The molecule has 2 heterocycles. The molecule has 104 valence electrons. The molecule has 0 bridgehead atoms. The highest BCUT2D eigenvalue weighted by molar-refractivity contribution is 6.07. The van der Waals surface area contributed by atoms with Gasteiger partial charge in [-0.1, -0.05) is 6.07 Å². The van der Waals surface area contributed by atoms with Crippen LogP contribution in [-0.4, -0.2) is 16.7 Å². The van der Waals surface area contributed by atoms with E-state index in [2.05, 4.69) is 10.3 Å². The average Bonchev–Trinajstić information content (AvgIpc) is 2.53. The van der Waals surface area contributed by atoms with Crippen LogP contribution in [-0.2, 0) is 11.2 Å². The number of anilines is 1. The molecule has 0 unspecified atom stereocenters. The molecule has 0 aliphatic carbocycles. The lowest BCUT2D eigenvalue weighted by Crippen LogP contribution is -2.19. The van der Waals surface area contributed by atoms with Crippen LogP contribution in [0.2, 0.25) is 0 Å². The van der Waals surface area contributed by atoms with E-state index < -0.39 is 0 Å². The van der Waals surface area contributed by atoms with Crippen molar-refractivity contribution in [1.29, 1.82) is 0 Å². The Morgan fingerprint density at radius 1 is 1.24 bits per heavy atom. The smallest absolute Gasteiger partial charge is 0.224 e. The van der Waals surface area contributed by atoms with E-state index in [9.17, 15) is 9.59 Å². The normalized spacial score (nSPS) is 13.8. The predicted molar refractivity (Wildman–Crippen MR) is 81.0 cm³/mol. The third-order valence-electron chi connectivity index (χ3n) is 3.40. The number of nitrogens with one attached hydrogen (secondary N) is 1. The van der Waals surface area contributed by atoms with Gasteiger partial charge in [0.25, 0.3) is 0 Å². The first kappa shape index (κ1) is 13.2. The van der Waals surface area contributed by atoms with Gasteiger partial charge in [-0.15, -0.1) is 0 Å². The zero-order chi connectivity index (χ0) is 14.7. The molecule has 0 fully saturated rings. The molecule has 0 spiro atoms. The summed E-state index contributed by atoms with van der Waals surface area (Å²) in [7, 11) is 0. The summed E-state index contributed by atoms with van der Waals surface area (Å²) in [5, 5.41) is 2.81. The highest BCUT2D eigenvalue weighted by Crippen LogP contribution is 2.23. The minimum absolute atomic E-state index is 0.0260. The molecule has 4 nitrogen and oxygen atoms in total.